The molecule has 2 bridgehead atoms. The molecule has 0 radical (unpaired) electrons. The number of rotatable bonds is 5. The van der Waals surface area contributed by atoms with Gasteiger partial charge >= 0.3 is 0 Å². The molecular weight excluding hydrogens is 394 g/mol. The van der Waals surface area contributed by atoms with Crippen LogP contribution in [-0.4, -0.2) is 49.9 Å². The van der Waals surface area contributed by atoms with Crippen molar-refractivity contribution < 1.29 is 14.7 Å². The normalized spacial score (nSPS) is 22.6. The molecule has 2 aliphatic rings. The van der Waals surface area contributed by atoms with Gasteiger partial charge in [-0.05, 0) is 49.4 Å². The number of amides is 2. The highest BCUT2D eigenvalue weighted by molar-refractivity contribution is 6.06. The Bertz CT molecular complexity index is 1130. The highest BCUT2D eigenvalue weighted by Crippen LogP contribution is 2.39. The number of aliphatic hydroxyl groups excluding tert-OH is 1. The predicted molar refractivity (Wildman–Crippen MR) is 117 cm³/mol. The number of carbonyl (C=O) groups is 2. The summed E-state index contributed by atoms with van der Waals surface area (Å²) < 4.78 is 0. The van der Waals surface area contributed by atoms with Crippen molar-refractivity contribution in [3.63, 3.8) is 0 Å². The molecule has 2 aliphatic heterocycles. The number of nitrogens with zero attached hydrogens (tertiary/aromatic N) is 2. The van der Waals surface area contributed by atoms with E-state index in [4.69, 9.17) is 5.73 Å². The van der Waals surface area contributed by atoms with Gasteiger partial charge in [0.15, 0.2) is 0 Å². The number of hydrogen-bond donors (Lipinski definition) is 4. The number of anilines is 1. The van der Waals surface area contributed by atoms with Gasteiger partial charge in [0.1, 0.15) is 5.65 Å². The molecule has 3 aromatic rings. The number of nitrogens with one attached hydrogen (secondary N) is 2. The highest BCUT2D eigenvalue weighted by Gasteiger charge is 2.43. The van der Waals surface area contributed by atoms with Crippen LogP contribution in [0, 0.1) is 0 Å². The summed E-state index contributed by atoms with van der Waals surface area (Å²) in [6, 6.07) is 9.49. The molecule has 160 valence electrons. The van der Waals surface area contributed by atoms with Crippen molar-refractivity contribution in [2.24, 2.45) is 5.73 Å². The molecule has 4 heterocycles. The average molecular weight is 419 g/mol. The van der Waals surface area contributed by atoms with Crippen LogP contribution in [0.3, 0.4) is 0 Å². The highest BCUT2D eigenvalue weighted by atomic mass is 16.3. The molecule has 31 heavy (non-hydrogen) atoms. The number of pyridine rings is 1. The molecule has 0 spiro atoms. The topological polar surface area (TPSA) is 124 Å². The maximum absolute atomic E-state index is 13.2. The summed E-state index contributed by atoms with van der Waals surface area (Å²) in [5.74, 6) is -0.467. The van der Waals surface area contributed by atoms with Crippen molar-refractivity contribution in [3.05, 3.63) is 59.4 Å². The van der Waals surface area contributed by atoms with Crippen LogP contribution in [0.1, 0.15) is 52.0 Å². The first-order valence-corrected chi connectivity index (χ1v) is 10.6. The third-order valence-electron chi connectivity index (χ3n) is 6.55. The van der Waals surface area contributed by atoms with Crippen molar-refractivity contribution in [1.29, 1.82) is 0 Å². The number of hydrogen-bond acceptors (Lipinski definition) is 5. The number of carbonyl (C=O) groups excluding carboxylic acids is 2. The van der Waals surface area contributed by atoms with Crippen LogP contribution < -0.4 is 11.1 Å². The minimum absolute atomic E-state index is 0.0342. The van der Waals surface area contributed by atoms with Gasteiger partial charge in [0.2, 0.25) is 0 Å². The number of piperidine rings is 1. The van der Waals surface area contributed by atoms with Gasteiger partial charge in [-0.25, -0.2) is 4.98 Å². The molecule has 2 aromatic heterocycles. The lowest BCUT2D eigenvalue weighted by molar-refractivity contribution is 0.0583. The number of primary amides is 1. The van der Waals surface area contributed by atoms with Crippen molar-refractivity contribution in [2.75, 3.05) is 5.32 Å². The lowest BCUT2D eigenvalue weighted by Gasteiger charge is -2.40. The van der Waals surface area contributed by atoms with Crippen LogP contribution in [-0.2, 0) is 6.61 Å². The first-order valence-electron chi connectivity index (χ1n) is 10.6. The maximum atomic E-state index is 13.2. The predicted octanol–water partition coefficient (Wildman–Crippen LogP) is 2.40. The Balaban J connectivity index is 1.36. The minimum Gasteiger partial charge on any atom is -0.392 e. The Morgan fingerprint density at radius 2 is 1.87 bits per heavy atom. The van der Waals surface area contributed by atoms with Crippen LogP contribution in [0.2, 0.25) is 0 Å². The minimum atomic E-state index is -0.514. The Hall–Kier alpha value is -3.39. The van der Waals surface area contributed by atoms with Crippen molar-refractivity contribution in [3.8, 4) is 0 Å². The summed E-state index contributed by atoms with van der Waals surface area (Å²) in [5, 5.41) is 13.6. The number of fused-ring (bicyclic) bond motifs is 3. The lowest BCUT2D eigenvalue weighted by Crippen LogP contribution is -2.49. The van der Waals surface area contributed by atoms with Gasteiger partial charge in [-0.15, -0.1) is 0 Å². The van der Waals surface area contributed by atoms with Crippen molar-refractivity contribution >= 4 is 28.5 Å². The summed E-state index contributed by atoms with van der Waals surface area (Å²) >= 11 is 0. The third-order valence-corrected chi connectivity index (χ3v) is 6.55. The number of benzene rings is 1. The van der Waals surface area contributed by atoms with E-state index in [1.165, 1.54) is 6.20 Å². The number of aliphatic hydroxyl groups is 1. The van der Waals surface area contributed by atoms with Gasteiger partial charge in [-0.1, -0.05) is 12.1 Å². The molecule has 8 nitrogen and oxygen atoms in total. The fourth-order valence-electron chi connectivity index (χ4n) is 5.08. The fourth-order valence-corrected chi connectivity index (χ4v) is 5.08. The lowest BCUT2D eigenvalue weighted by atomic mass is 9.95. The first kappa shape index (κ1) is 19.6. The number of aromatic amines is 1. The smallest absolute Gasteiger partial charge is 0.254 e. The summed E-state index contributed by atoms with van der Waals surface area (Å²) in [6.45, 7) is -0.0342. The standard InChI is InChI=1S/C23H25N5O3/c24-21(30)19-11-26-22-18(7-8-25-22)20(19)27-15-9-16-5-6-17(10-15)28(16)23(31)14-3-1-13(12-29)2-4-14/h1-4,7-8,11,15-17,29H,5-6,9-10,12H2,(H2,24,30)(H2,25,26,27)/t15?,16-,17+. The molecule has 2 saturated heterocycles. The van der Waals surface area contributed by atoms with Gasteiger partial charge in [0.05, 0.1) is 17.9 Å². The average Bonchev–Trinajstić information content (AvgIpc) is 3.36. The molecule has 1 unspecified atom stereocenters. The third kappa shape index (κ3) is 3.42. The fraction of sp³-hybridized carbons (Fsp3) is 0.348. The molecule has 0 saturated carbocycles. The van der Waals surface area contributed by atoms with Gasteiger partial charge in [0.25, 0.3) is 11.8 Å². The number of H-pyrrole nitrogens is 1. The monoisotopic (exact) mass is 419 g/mol. The second-order valence-corrected chi connectivity index (χ2v) is 8.42. The van der Waals surface area contributed by atoms with E-state index in [1.54, 1.807) is 30.5 Å². The zero-order valence-electron chi connectivity index (χ0n) is 17.0. The van der Waals surface area contributed by atoms with E-state index < -0.39 is 5.91 Å². The summed E-state index contributed by atoms with van der Waals surface area (Å²) in [5.41, 5.74) is 8.83. The largest absolute Gasteiger partial charge is 0.392 e. The Morgan fingerprint density at radius 3 is 2.52 bits per heavy atom. The quantitative estimate of drug-likeness (QED) is 0.505. The number of aromatic nitrogens is 2. The summed E-state index contributed by atoms with van der Waals surface area (Å²) in [4.78, 5) is 34.5. The second-order valence-electron chi connectivity index (χ2n) is 8.42. The van der Waals surface area contributed by atoms with Crippen LogP contribution in [0.4, 0.5) is 5.69 Å². The van der Waals surface area contributed by atoms with Crippen LogP contribution in [0.5, 0.6) is 0 Å². The first-order chi connectivity index (χ1) is 15.0. The molecule has 0 aliphatic carbocycles. The van der Waals surface area contributed by atoms with Gasteiger partial charge in [0, 0.05) is 41.5 Å². The van der Waals surface area contributed by atoms with E-state index in [-0.39, 0.29) is 30.6 Å². The van der Waals surface area contributed by atoms with Crippen LogP contribution in [0.25, 0.3) is 11.0 Å². The SMILES string of the molecule is NC(=O)c1cnc2[nH]ccc2c1NC1C[C@H]2CC[C@@H](C1)N2C(=O)c1ccc(CO)cc1. The van der Waals surface area contributed by atoms with E-state index in [0.717, 1.165) is 36.6 Å². The molecule has 8 heteroatoms. The Morgan fingerprint density at radius 1 is 1.16 bits per heavy atom. The Labute approximate surface area is 179 Å². The van der Waals surface area contributed by atoms with Crippen molar-refractivity contribution in [1.82, 2.24) is 14.9 Å². The van der Waals surface area contributed by atoms with E-state index in [1.807, 2.05) is 11.0 Å². The second kappa shape index (κ2) is 7.70. The molecule has 3 atom stereocenters. The molecular formula is C23H25N5O3. The number of nitrogens with two attached hydrogens (primary N) is 1. The summed E-state index contributed by atoms with van der Waals surface area (Å²) in [6.07, 6.45) is 6.87. The van der Waals surface area contributed by atoms with Gasteiger partial charge in [-0.2, -0.15) is 0 Å². The zero-order valence-corrected chi connectivity index (χ0v) is 17.0. The molecule has 2 fully saturated rings. The van der Waals surface area contributed by atoms with Crippen LogP contribution >= 0.6 is 0 Å². The Kier molecular flexibility index (Phi) is 4.86. The molecule has 2 amide bonds. The summed E-state index contributed by atoms with van der Waals surface area (Å²) in [7, 11) is 0. The van der Waals surface area contributed by atoms with E-state index in [2.05, 4.69) is 15.3 Å². The molecule has 5 rings (SSSR count). The van der Waals surface area contributed by atoms with Crippen LogP contribution in [0.15, 0.2) is 42.7 Å². The maximum Gasteiger partial charge on any atom is 0.254 e. The van der Waals surface area contributed by atoms with Gasteiger partial charge in [-0.3, -0.25) is 9.59 Å². The van der Waals surface area contributed by atoms with E-state index in [9.17, 15) is 14.7 Å². The zero-order chi connectivity index (χ0) is 21.5. The van der Waals surface area contributed by atoms with E-state index >= 15 is 0 Å². The molecule has 5 N–H and O–H groups in total. The van der Waals surface area contributed by atoms with Crippen molar-refractivity contribution in [2.45, 2.75) is 50.4 Å². The molecule has 1 aromatic carbocycles. The van der Waals surface area contributed by atoms with E-state index in [0.29, 0.717) is 22.5 Å². The van der Waals surface area contributed by atoms with Gasteiger partial charge < -0.3 is 26.0 Å².